The van der Waals surface area contributed by atoms with Crippen LogP contribution in [-0.2, 0) is 4.79 Å². The van der Waals surface area contributed by atoms with E-state index < -0.39 is 0 Å². The summed E-state index contributed by atoms with van der Waals surface area (Å²) in [5.41, 5.74) is 1.36. The Morgan fingerprint density at radius 2 is 2.14 bits per heavy atom. The van der Waals surface area contributed by atoms with Crippen LogP contribution in [0.15, 0.2) is 23.1 Å². The van der Waals surface area contributed by atoms with Gasteiger partial charge in [0.15, 0.2) is 0 Å². The Labute approximate surface area is 135 Å². The molecule has 2 N–H and O–H groups in total. The molecule has 2 amide bonds. The molecular weight excluding hydrogens is 296 g/mol. The lowest BCUT2D eigenvalue weighted by atomic mass is 10.0. The van der Waals surface area contributed by atoms with Crippen LogP contribution in [-0.4, -0.2) is 24.1 Å². The normalized spacial score (nSPS) is 17.9. The van der Waals surface area contributed by atoms with Gasteiger partial charge in [0.05, 0.1) is 11.4 Å². The predicted molar refractivity (Wildman–Crippen MR) is 89.3 cm³/mol. The second kappa shape index (κ2) is 7.18. The Morgan fingerprint density at radius 3 is 2.95 bits per heavy atom. The van der Waals surface area contributed by atoms with Crippen LogP contribution in [0, 0.1) is 5.92 Å². The summed E-state index contributed by atoms with van der Waals surface area (Å²) in [6.45, 7) is 0.730. The average molecular weight is 318 g/mol. The summed E-state index contributed by atoms with van der Waals surface area (Å²) in [6, 6.07) is 5.51. The zero-order valence-corrected chi connectivity index (χ0v) is 13.5. The second-order valence-electron chi connectivity index (χ2n) is 6.10. The lowest BCUT2D eigenvalue weighted by molar-refractivity contribution is -0.113. The van der Waals surface area contributed by atoms with Crippen molar-refractivity contribution in [2.24, 2.45) is 5.92 Å². The van der Waals surface area contributed by atoms with Crippen LogP contribution in [0.25, 0.3) is 0 Å². The van der Waals surface area contributed by atoms with Gasteiger partial charge < -0.3 is 10.6 Å². The molecule has 1 fully saturated rings. The molecule has 0 aromatic heterocycles. The standard InChI is InChI=1S/C17H22N2O2S/c20-16-11-22-15-8-7-13(10-14(15)19-16)17(21)18-9-3-6-12-4-1-2-5-12/h7-8,10,12H,1-6,9,11H2,(H,18,21)(H,19,20). The van der Waals surface area contributed by atoms with Crippen molar-refractivity contribution >= 4 is 29.3 Å². The fourth-order valence-corrected chi connectivity index (χ4v) is 4.01. The Kier molecular flexibility index (Phi) is 5.03. The molecule has 2 aliphatic rings. The number of carbonyl (C=O) groups excluding carboxylic acids is 2. The number of amides is 2. The number of anilines is 1. The van der Waals surface area contributed by atoms with E-state index >= 15 is 0 Å². The first-order valence-electron chi connectivity index (χ1n) is 8.07. The van der Waals surface area contributed by atoms with Gasteiger partial charge >= 0.3 is 0 Å². The molecule has 0 saturated heterocycles. The number of hydrogen-bond donors (Lipinski definition) is 2. The van der Waals surface area contributed by atoms with Crippen LogP contribution in [0.4, 0.5) is 5.69 Å². The van der Waals surface area contributed by atoms with Gasteiger partial charge in [0.25, 0.3) is 5.91 Å². The van der Waals surface area contributed by atoms with Crippen LogP contribution in [0.1, 0.15) is 48.9 Å². The van der Waals surface area contributed by atoms with E-state index in [-0.39, 0.29) is 11.8 Å². The highest BCUT2D eigenvalue weighted by atomic mass is 32.2. The summed E-state index contributed by atoms with van der Waals surface area (Å²) in [5.74, 6) is 1.25. The predicted octanol–water partition coefficient (Wildman–Crippen LogP) is 3.43. The Bertz CT molecular complexity index is 568. The number of rotatable bonds is 5. The highest BCUT2D eigenvalue weighted by molar-refractivity contribution is 8.00. The Morgan fingerprint density at radius 1 is 1.32 bits per heavy atom. The third kappa shape index (κ3) is 3.83. The van der Waals surface area contributed by atoms with Crippen molar-refractivity contribution in [3.8, 4) is 0 Å². The third-order valence-corrected chi connectivity index (χ3v) is 5.50. The van der Waals surface area contributed by atoms with E-state index in [1.54, 1.807) is 6.07 Å². The first-order valence-corrected chi connectivity index (χ1v) is 9.06. The Balaban J connectivity index is 1.49. The van der Waals surface area contributed by atoms with Crippen molar-refractivity contribution in [3.63, 3.8) is 0 Å². The van der Waals surface area contributed by atoms with Gasteiger partial charge in [0, 0.05) is 17.0 Å². The molecule has 1 aromatic carbocycles. The van der Waals surface area contributed by atoms with E-state index in [9.17, 15) is 9.59 Å². The van der Waals surface area contributed by atoms with Gasteiger partial charge in [-0.1, -0.05) is 25.7 Å². The molecule has 1 aliphatic heterocycles. The summed E-state index contributed by atoms with van der Waals surface area (Å²) in [7, 11) is 0. The fraction of sp³-hybridized carbons (Fsp3) is 0.529. The zero-order chi connectivity index (χ0) is 15.4. The molecule has 0 atom stereocenters. The van der Waals surface area contributed by atoms with Crippen LogP contribution in [0.3, 0.4) is 0 Å². The molecular formula is C17H22N2O2S. The summed E-state index contributed by atoms with van der Waals surface area (Å²) in [5, 5.41) is 5.80. The van der Waals surface area contributed by atoms with E-state index in [1.807, 2.05) is 12.1 Å². The van der Waals surface area contributed by atoms with E-state index in [2.05, 4.69) is 10.6 Å². The highest BCUT2D eigenvalue weighted by Crippen LogP contribution is 2.32. The van der Waals surface area contributed by atoms with Crippen molar-refractivity contribution < 1.29 is 9.59 Å². The van der Waals surface area contributed by atoms with Gasteiger partial charge in [-0.15, -0.1) is 11.8 Å². The summed E-state index contributed by atoms with van der Waals surface area (Å²) >= 11 is 1.51. The quantitative estimate of drug-likeness (QED) is 0.818. The molecule has 0 radical (unpaired) electrons. The number of thioether (sulfide) groups is 1. The molecule has 1 aliphatic carbocycles. The van der Waals surface area contributed by atoms with E-state index in [1.165, 1.54) is 43.9 Å². The van der Waals surface area contributed by atoms with Gasteiger partial charge in [-0.05, 0) is 37.0 Å². The molecule has 3 rings (SSSR count). The second-order valence-corrected chi connectivity index (χ2v) is 7.11. The lowest BCUT2D eigenvalue weighted by Crippen LogP contribution is -2.25. The molecule has 0 bridgehead atoms. The topological polar surface area (TPSA) is 58.2 Å². The van der Waals surface area contributed by atoms with Crippen LogP contribution >= 0.6 is 11.8 Å². The molecule has 0 spiro atoms. The van der Waals surface area contributed by atoms with Crippen molar-refractivity contribution in [2.75, 3.05) is 17.6 Å². The smallest absolute Gasteiger partial charge is 0.251 e. The number of benzene rings is 1. The van der Waals surface area contributed by atoms with E-state index in [0.717, 1.165) is 29.5 Å². The molecule has 22 heavy (non-hydrogen) atoms. The first-order chi connectivity index (χ1) is 10.7. The van der Waals surface area contributed by atoms with Gasteiger partial charge in [-0.3, -0.25) is 9.59 Å². The molecule has 1 aromatic rings. The maximum Gasteiger partial charge on any atom is 0.251 e. The van der Waals surface area contributed by atoms with Crippen molar-refractivity contribution in [2.45, 2.75) is 43.4 Å². The molecule has 4 nitrogen and oxygen atoms in total. The van der Waals surface area contributed by atoms with Crippen molar-refractivity contribution in [1.29, 1.82) is 0 Å². The van der Waals surface area contributed by atoms with Crippen LogP contribution < -0.4 is 10.6 Å². The first kappa shape index (κ1) is 15.4. The van der Waals surface area contributed by atoms with Gasteiger partial charge in [0.1, 0.15) is 0 Å². The number of nitrogens with one attached hydrogen (secondary N) is 2. The van der Waals surface area contributed by atoms with Gasteiger partial charge in [-0.25, -0.2) is 0 Å². The van der Waals surface area contributed by atoms with Gasteiger partial charge in [0.2, 0.25) is 5.91 Å². The van der Waals surface area contributed by atoms with Crippen LogP contribution in [0.2, 0.25) is 0 Å². The molecule has 0 unspecified atom stereocenters. The number of fused-ring (bicyclic) bond motifs is 1. The minimum atomic E-state index is -0.0564. The maximum atomic E-state index is 12.2. The number of hydrogen-bond acceptors (Lipinski definition) is 3. The van der Waals surface area contributed by atoms with Gasteiger partial charge in [-0.2, -0.15) is 0 Å². The summed E-state index contributed by atoms with van der Waals surface area (Å²) in [4.78, 5) is 24.6. The summed E-state index contributed by atoms with van der Waals surface area (Å²) < 4.78 is 0. The largest absolute Gasteiger partial charge is 0.352 e. The number of carbonyl (C=O) groups is 2. The van der Waals surface area contributed by atoms with Crippen molar-refractivity contribution in [1.82, 2.24) is 5.32 Å². The van der Waals surface area contributed by atoms with Crippen LogP contribution in [0.5, 0.6) is 0 Å². The third-order valence-electron chi connectivity index (χ3n) is 4.42. The van der Waals surface area contributed by atoms with E-state index in [0.29, 0.717) is 11.3 Å². The minimum absolute atomic E-state index is 0.00776. The minimum Gasteiger partial charge on any atom is -0.352 e. The summed E-state index contributed by atoms with van der Waals surface area (Å²) in [6.07, 6.45) is 7.73. The molecule has 118 valence electrons. The average Bonchev–Trinajstić information content (AvgIpc) is 3.04. The molecule has 5 heteroatoms. The lowest BCUT2D eigenvalue weighted by Gasteiger charge is -2.17. The fourth-order valence-electron chi connectivity index (χ4n) is 3.22. The zero-order valence-electron chi connectivity index (χ0n) is 12.7. The maximum absolute atomic E-state index is 12.2. The molecule has 1 heterocycles. The highest BCUT2D eigenvalue weighted by Gasteiger charge is 2.17. The monoisotopic (exact) mass is 318 g/mol. The van der Waals surface area contributed by atoms with E-state index in [4.69, 9.17) is 0 Å². The molecule has 1 saturated carbocycles. The SMILES string of the molecule is O=C1CSc2ccc(C(=O)NCCCC3CCCC3)cc2N1. The van der Waals surface area contributed by atoms with Crippen molar-refractivity contribution in [3.05, 3.63) is 23.8 Å². The Hall–Kier alpha value is -1.49.